The Kier molecular flexibility index (Phi) is 3.69. The van der Waals surface area contributed by atoms with Crippen LogP contribution in [0.4, 0.5) is 0 Å². The maximum absolute atomic E-state index is 12.4. The SMILES string of the molecule is CC1(C)C(=O)NCCN1C(=O)c1cnc(Cl)c(Cl)c1. The first-order valence-electron chi connectivity index (χ1n) is 5.75. The number of amides is 2. The fraction of sp³-hybridized carbons (Fsp3) is 0.417. The number of carbonyl (C=O) groups excluding carboxylic acids is 2. The molecule has 0 aliphatic carbocycles. The largest absolute Gasteiger partial charge is 0.352 e. The third-order valence-electron chi connectivity index (χ3n) is 3.14. The number of aromatic nitrogens is 1. The summed E-state index contributed by atoms with van der Waals surface area (Å²) < 4.78 is 0. The molecule has 0 aromatic carbocycles. The van der Waals surface area contributed by atoms with Gasteiger partial charge < -0.3 is 10.2 Å². The van der Waals surface area contributed by atoms with Crippen molar-refractivity contribution < 1.29 is 9.59 Å². The summed E-state index contributed by atoms with van der Waals surface area (Å²) in [4.78, 5) is 29.6. The zero-order chi connectivity index (χ0) is 14.2. The first kappa shape index (κ1) is 14.1. The fourth-order valence-corrected chi connectivity index (χ4v) is 2.22. The summed E-state index contributed by atoms with van der Waals surface area (Å²) >= 11 is 11.6. The lowest BCUT2D eigenvalue weighted by Crippen LogP contribution is -2.63. The van der Waals surface area contributed by atoms with Crippen LogP contribution >= 0.6 is 23.2 Å². The number of hydrogen-bond donors (Lipinski definition) is 1. The van der Waals surface area contributed by atoms with Crippen molar-refractivity contribution in [2.75, 3.05) is 13.1 Å². The molecule has 7 heteroatoms. The summed E-state index contributed by atoms with van der Waals surface area (Å²) in [6, 6.07) is 1.46. The highest BCUT2D eigenvalue weighted by Gasteiger charge is 2.40. The second-order valence-electron chi connectivity index (χ2n) is 4.77. The van der Waals surface area contributed by atoms with Gasteiger partial charge in [-0.25, -0.2) is 4.98 Å². The minimum atomic E-state index is -0.901. The third-order valence-corrected chi connectivity index (χ3v) is 3.83. The van der Waals surface area contributed by atoms with E-state index in [4.69, 9.17) is 23.2 Å². The van der Waals surface area contributed by atoms with Crippen LogP contribution in [0, 0.1) is 0 Å². The lowest BCUT2D eigenvalue weighted by atomic mass is 9.98. The normalized spacial score (nSPS) is 18.1. The Labute approximate surface area is 120 Å². The van der Waals surface area contributed by atoms with Crippen molar-refractivity contribution >= 4 is 35.0 Å². The van der Waals surface area contributed by atoms with E-state index in [2.05, 4.69) is 10.3 Å². The summed E-state index contributed by atoms with van der Waals surface area (Å²) in [6.45, 7) is 4.27. The highest BCUT2D eigenvalue weighted by molar-refractivity contribution is 6.41. The van der Waals surface area contributed by atoms with Gasteiger partial charge in [-0.15, -0.1) is 0 Å². The van der Waals surface area contributed by atoms with E-state index in [1.807, 2.05) is 0 Å². The molecule has 0 spiro atoms. The second kappa shape index (κ2) is 4.98. The molecule has 1 N–H and O–H groups in total. The molecule has 2 rings (SSSR count). The Morgan fingerprint density at radius 2 is 2.16 bits per heavy atom. The van der Waals surface area contributed by atoms with Crippen molar-refractivity contribution in [3.63, 3.8) is 0 Å². The smallest absolute Gasteiger partial charge is 0.256 e. The molecule has 1 aromatic rings. The van der Waals surface area contributed by atoms with Crippen molar-refractivity contribution in [3.05, 3.63) is 28.0 Å². The summed E-state index contributed by atoms with van der Waals surface area (Å²) in [6.07, 6.45) is 1.36. The zero-order valence-electron chi connectivity index (χ0n) is 10.5. The van der Waals surface area contributed by atoms with Gasteiger partial charge >= 0.3 is 0 Å². The van der Waals surface area contributed by atoms with E-state index in [0.29, 0.717) is 18.7 Å². The highest BCUT2D eigenvalue weighted by Crippen LogP contribution is 2.24. The van der Waals surface area contributed by atoms with Crippen molar-refractivity contribution in [2.45, 2.75) is 19.4 Å². The van der Waals surface area contributed by atoms with E-state index >= 15 is 0 Å². The van der Waals surface area contributed by atoms with Crippen LogP contribution in [0.5, 0.6) is 0 Å². The van der Waals surface area contributed by atoms with Crippen LogP contribution in [-0.2, 0) is 4.79 Å². The minimum Gasteiger partial charge on any atom is -0.352 e. The Balaban J connectivity index is 2.32. The first-order chi connectivity index (χ1) is 8.84. The summed E-state index contributed by atoms with van der Waals surface area (Å²) in [5.74, 6) is -0.467. The summed E-state index contributed by atoms with van der Waals surface area (Å²) in [5, 5.41) is 3.10. The number of nitrogens with zero attached hydrogens (tertiary/aromatic N) is 2. The average molecular weight is 302 g/mol. The van der Waals surface area contributed by atoms with Gasteiger partial charge in [0.25, 0.3) is 5.91 Å². The molecular formula is C12H13Cl2N3O2. The van der Waals surface area contributed by atoms with E-state index in [1.54, 1.807) is 13.8 Å². The van der Waals surface area contributed by atoms with Crippen molar-refractivity contribution in [2.24, 2.45) is 0 Å². The lowest BCUT2D eigenvalue weighted by Gasteiger charge is -2.41. The van der Waals surface area contributed by atoms with Gasteiger partial charge in [-0.1, -0.05) is 23.2 Å². The molecule has 0 atom stereocenters. The molecule has 1 fully saturated rings. The lowest BCUT2D eigenvalue weighted by molar-refractivity contribution is -0.133. The van der Waals surface area contributed by atoms with Crippen molar-refractivity contribution in [1.82, 2.24) is 15.2 Å². The Morgan fingerprint density at radius 1 is 1.47 bits per heavy atom. The number of pyridine rings is 1. The van der Waals surface area contributed by atoms with Crippen LogP contribution in [0.2, 0.25) is 10.2 Å². The van der Waals surface area contributed by atoms with Gasteiger partial charge in [0, 0.05) is 19.3 Å². The van der Waals surface area contributed by atoms with E-state index < -0.39 is 5.54 Å². The molecule has 2 heterocycles. The van der Waals surface area contributed by atoms with E-state index in [-0.39, 0.29) is 22.0 Å². The number of halogens is 2. The van der Waals surface area contributed by atoms with Gasteiger partial charge in [0.05, 0.1) is 10.6 Å². The summed E-state index contributed by atoms with van der Waals surface area (Å²) in [7, 11) is 0. The fourth-order valence-electron chi connectivity index (χ4n) is 1.95. The molecule has 0 unspecified atom stereocenters. The van der Waals surface area contributed by atoms with E-state index in [0.717, 1.165) is 0 Å². The maximum Gasteiger partial charge on any atom is 0.256 e. The Bertz CT molecular complexity index is 546. The van der Waals surface area contributed by atoms with Crippen LogP contribution in [0.25, 0.3) is 0 Å². The average Bonchev–Trinajstić information content (AvgIpc) is 2.35. The van der Waals surface area contributed by atoms with Crippen LogP contribution in [0.3, 0.4) is 0 Å². The van der Waals surface area contributed by atoms with E-state index in [9.17, 15) is 9.59 Å². The summed E-state index contributed by atoms with van der Waals surface area (Å²) in [5.41, 5.74) is -0.585. The van der Waals surface area contributed by atoms with Crippen LogP contribution in [0.1, 0.15) is 24.2 Å². The molecule has 19 heavy (non-hydrogen) atoms. The molecule has 1 aliphatic heterocycles. The molecule has 1 saturated heterocycles. The number of nitrogens with one attached hydrogen (secondary N) is 1. The van der Waals surface area contributed by atoms with Gasteiger partial charge in [-0.2, -0.15) is 0 Å². The molecule has 0 saturated carbocycles. The Morgan fingerprint density at radius 3 is 2.79 bits per heavy atom. The van der Waals surface area contributed by atoms with Gasteiger partial charge in [0.1, 0.15) is 10.7 Å². The molecule has 1 aliphatic rings. The van der Waals surface area contributed by atoms with Crippen molar-refractivity contribution in [3.8, 4) is 0 Å². The standard InChI is InChI=1S/C12H13Cl2N3O2/c1-12(2)11(19)15-3-4-17(12)10(18)7-5-8(13)9(14)16-6-7/h5-6H,3-4H2,1-2H3,(H,15,19). The third kappa shape index (κ3) is 2.53. The van der Waals surface area contributed by atoms with Gasteiger partial charge in [-0.3, -0.25) is 9.59 Å². The predicted molar refractivity (Wildman–Crippen MR) is 72.4 cm³/mol. The highest BCUT2D eigenvalue weighted by atomic mass is 35.5. The monoisotopic (exact) mass is 301 g/mol. The molecule has 2 amide bonds. The number of piperazine rings is 1. The first-order valence-corrected chi connectivity index (χ1v) is 6.51. The molecule has 1 aromatic heterocycles. The van der Waals surface area contributed by atoms with Crippen LogP contribution < -0.4 is 5.32 Å². The Hall–Kier alpha value is -1.33. The van der Waals surface area contributed by atoms with Crippen LogP contribution in [0.15, 0.2) is 12.3 Å². The van der Waals surface area contributed by atoms with Crippen LogP contribution in [-0.4, -0.2) is 40.3 Å². The van der Waals surface area contributed by atoms with Gasteiger partial charge in [-0.05, 0) is 19.9 Å². The molecule has 0 bridgehead atoms. The van der Waals surface area contributed by atoms with Gasteiger partial charge in [0.15, 0.2) is 0 Å². The number of rotatable bonds is 1. The topological polar surface area (TPSA) is 62.3 Å². The quantitative estimate of drug-likeness (QED) is 0.804. The van der Waals surface area contributed by atoms with E-state index in [1.165, 1.54) is 17.2 Å². The molecular weight excluding hydrogens is 289 g/mol. The maximum atomic E-state index is 12.4. The van der Waals surface area contributed by atoms with Crippen molar-refractivity contribution in [1.29, 1.82) is 0 Å². The number of carbonyl (C=O) groups is 2. The number of hydrogen-bond acceptors (Lipinski definition) is 3. The molecule has 0 radical (unpaired) electrons. The second-order valence-corrected chi connectivity index (χ2v) is 5.53. The molecule has 102 valence electrons. The molecule has 5 nitrogen and oxygen atoms in total. The minimum absolute atomic E-state index is 0.147. The van der Waals surface area contributed by atoms with Gasteiger partial charge in [0.2, 0.25) is 5.91 Å². The zero-order valence-corrected chi connectivity index (χ0v) is 12.0. The predicted octanol–water partition coefficient (Wildman–Crippen LogP) is 1.74.